The molecule has 0 fully saturated rings. The normalized spacial score (nSPS) is 12.2. The Balaban J connectivity index is 2.32. The van der Waals surface area contributed by atoms with Crippen LogP contribution in [-0.4, -0.2) is 57.1 Å². The number of sulfonamides is 1. The monoisotopic (exact) mass is 473 g/mol. The van der Waals surface area contributed by atoms with E-state index in [1.54, 1.807) is 13.0 Å². The number of hydrogen-bond donors (Lipinski definition) is 1. The SMILES string of the molecule is CCCNC(=O)[C@H](C)N(CCc1ccccc1)C(=O)CN(c1ccc(C)cc1C)S(C)(=O)=O. The van der Waals surface area contributed by atoms with Crippen molar-refractivity contribution in [2.24, 2.45) is 0 Å². The fourth-order valence-electron chi connectivity index (χ4n) is 3.65. The van der Waals surface area contributed by atoms with Gasteiger partial charge in [0.15, 0.2) is 0 Å². The summed E-state index contributed by atoms with van der Waals surface area (Å²) in [5, 5.41) is 2.83. The van der Waals surface area contributed by atoms with Crippen LogP contribution in [0.3, 0.4) is 0 Å². The molecule has 0 spiro atoms. The van der Waals surface area contributed by atoms with Gasteiger partial charge in [0.05, 0.1) is 11.9 Å². The van der Waals surface area contributed by atoms with Gasteiger partial charge in [-0.2, -0.15) is 0 Å². The fraction of sp³-hybridized carbons (Fsp3) is 0.440. The zero-order chi connectivity index (χ0) is 24.6. The van der Waals surface area contributed by atoms with Crippen molar-refractivity contribution in [3.05, 3.63) is 65.2 Å². The number of hydrogen-bond acceptors (Lipinski definition) is 4. The highest BCUT2D eigenvalue weighted by molar-refractivity contribution is 7.92. The number of rotatable bonds is 11. The van der Waals surface area contributed by atoms with E-state index in [4.69, 9.17) is 0 Å². The van der Waals surface area contributed by atoms with E-state index in [9.17, 15) is 18.0 Å². The molecule has 2 amide bonds. The number of amides is 2. The van der Waals surface area contributed by atoms with Crippen molar-refractivity contribution in [1.29, 1.82) is 0 Å². The van der Waals surface area contributed by atoms with Crippen molar-refractivity contribution in [2.45, 2.75) is 46.6 Å². The Kier molecular flexibility index (Phi) is 9.46. The van der Waals surface area contributed by atoms with Gasteiger partial charge in [0, 0.05) is 13.1 Å². The lowest BCUT2D eigenvalue weighted by Crippen LogP contribution is -2.52. The van der Waals surface area contributed by atoms with Crippen molar-refractivity contribution in [3.8, 4) is 0 Å². The lowest BCUT2D eigenvalue weighted by molar-refractivity contribution is -0.138. The third kappa shape index (κ3) is 7.60. The Bertz CT molecular complexity index is 1050. The number of carbonyl (C=O) groups excluding carboxylic acids is 2. The maximum Gasteiger partial charge on any atom is 0.244 e. The topological polar surface area (TPSA) is 86.8 Å². The highest BCUT2D eigenvalue weighted by Gasteiger charge is 2.30. The largest absolute Gasteiger partial charge is 0.354 e. The van der Waals surface area contributed by atoms with Crippen molar-refractivity contribution in [3.63, 3.8) is 0 Å². The van der Waals surface area contributed by atoms with Gasteiger partial charge in [0.2, 0.25) is 21.8 Å². The van der Waals surface area contributed by atoms with Crippen LogP contribution in [0.5, 0.6) is 0 Å². The van der Waals surface area contributed by atoms with Crippen LogP contribution in [-0.2, 0) is 26.0 Å². The van der Waals surface area contributed by atoms with E-state index in [0.29, 0.717) is 25.2 Å². The number of nitrogens with one attached hydrogen (secondary N) is 1. The minimum atomic E-state index is -3.72. The first-order chi connectivity index (χ1) is 15.5. The molecule has 0 aliphatic carbocycles. The van der Waals surface area contributed by atoms with Crippen LogP contribution in [0.1, 0.15) is 37.0 Å². The second kappa shape index (κ2) is 11.8. The van der Waals surface area contributed by atoms with E-state index >= 15 is 0 Å². The van der Waals surface area contributed by atoms with Crippen LogP contribution in [0.2, 0.25) is 0 Å². The molecule has 0 bridgehead atoms. The smallest absolute Gasteiger partial charge is 0.244 e. The minimum Gasteiger partial charge on any atom is -0.354 e. The van der Waals surface area contributed by atoms with E-state index < -0.39 is 22.0 Å². The van der Waals surface area contributed by atoms with E-state index in [0.717, 1.165) is 33.7 Å². The molecule has 7 nitrogen and oxygen atoms in total. The van der Waals surface area contributed by atoms with Crippen molar-refractivity contribution >= 4 is 27.5 Å². The molecule has 1 atom stereocenters. The van der Waals surface area contributed by atoms with Gasteiger partial charge in [0.1, 0.15) is 12.6 Å². The average molecular weight is 474 g/mol. The number of benzene rings is 2. The summed E-state index contributed by atoms with van der Waals surface area (Å²) >= 11 is 0. The summed E-state index contributed by atoms with van der Waals surface area (Å²) < 4.78 is 26.4. The Morgan fingerprint density at radius 2 is 1.73 bits per heavy atom. The molecular weight excluding hydrogens is 438 g/mol. The van der Waals surface area contributed by atoms with Gasteiger partial charge < -0.3 is 10.2 Å². The van der Waals surface area contributed by atoms with Crippen LogP contribution in [0.15, 0.2) is 48.5 Å². The summed E-state index contributed by atoms with van der Waals surface area (Å²) in [4.78, 5) is 27.6. The molecular formula is C25H35N3O4S. The molecule has 0 radical (unpaired) electrons. The average Bonchev–Trinajstić information content (AvgIpc) is 2.76. The molecule has 2 rings (SSSR count). The summed E-state index contributed by atoms with van der Waals surface area (Å²) in [5.74, 6) is -0.675. The maximum atomic E-state index is 13.4. The second-order valence-electron chi connectivity index (χ2n) is 8.35. The number of aryl methyl sites for hydroxylation is 2. The zero-order valence-corrected chi connectivity index (χ0v) is 21.0. The molecule has 180 valence electrons. The first-order valence-corrected chi connectivity index (χ1v) is 13.1. The minimum absolute atomic E-state index is 0.254. The Morgan fingerprint density at radius 1 is 1.06 bits per heavy atom. The summed E-state index contributed by atoms with van der Waals surface area (Å²) in [7, 11) is -3.72. The van der Waals surface area contributed by atoms with Gasteiger partial charge >= 0.3 is 0 Å². The zero-order valence-electron chi connectivity index (χ0n) is 20.2. The van der Waals surface area contributed by atoms with E-state index in [2.05, 4.69) is 5.32 Å². The molecule has 0 saturated carbocycles. The molecule has 0 saturated heterocycles. The highest BCUT2D eigenvalue weighted by atomic mass is 32.2. The van der Waals surface area contributed by atoms with Crippen LogP contribution >= 0.6 is 0 Å². The van der Waals surface area contributed by atoms with E-state index in [-0.39, 0.29) is 12.5 Å². The molecule has 0 unspecified atom stereocenters. The first-order valence-electron chi connectivity index (χ1n) is 11.2. The molecule has 8 heteroatoms. The molecule has 0 aromatic heterocycles. The molecule has 1 N–H and O–H groups in total. The van der Waals surface area contributed by atoms with Crippen LogP contribution in [0, 0.1) is 13.8 Å². The Hall–Kier alpha value is -2.87. The van der Waals surface area contributed by atoms with Gasteiger partial charge in [0.25, 0.3) is 0 Å². The summed E-state index contributed by atoms with van der Waals surface area (Å²) in [6.07, 6.45) is 2.43. The summed E-state index contributed by atoms with van der Waals surface area (Å²) in [6.45, 7) is 7.82. The van der Waals surface area contributed by atoms with Crippen LogP contribution in [0.25, 0.3) is 0 Å². The number of anilines is 1. The van der Waals surface area contributed by atoms with E-state index in [1.165, 1.54) is 4.90 Å². The molecule has 33 heavy (non-hydrogen) atoms. The van der Waals surface area contributed by atoms with Crippen LogP contribution < -0.4 is 9.62 Å². The van der Waals surface area contributed by atoms with Crippen molar-refractivity contribution in [1.82, 2.24) is 10.2 Å². The Morgan fingerprint density at radius 3 is 2.30 bits per heavy atom. The van der Waals surface area contributed by atoms with Crippen molar-refractivity contribution < 1.29 is 18.0 Å². The third-order valence-corrected chi connectivity index (χ3v) is 6.63. The number of nitrogens with zero attached hydrogens (tertiary/aromatic N) is 2. The predicted octanol–water partition coefficient (Wildman–Crippen LogP) is 3.06. The quantitative estimate of drug-likeness (QED) is 0.543. The van der Waals surface area contributed by atoms with Gasteiger partial charge in [-0.25, -0.2) is 8.42 Å². The second-order valence-corrected chi connectivity index (χ2v) is 10.3. The maximum absolute atomic E-state index is 13.4. The lowest BCUT2D eigenvalue weighted by Gasteiger charge is -2.32. The van der Waals surface area contributed by atoms with Gasteiger partial charge in [-0.05, 0) is 50.8 Å². The molecule has 2 aromatic carbocycles. The highest BCUT2D eigenvalue weighted by Crippen LogP contribution is 2.24. The molecule has 2 aromatic rings. The van der Waals surface area contributed by atoms with Gasteiger partial charge in [-0.15, -0.1) is 0 Å². The van der Waals surface area contributed by atoms with Crippen LogP contribution in [0.4, 0.5) is 5.69 Å². The molecule has 0 aliphatic rings. The fourth-order valence-corrected chi connectivity index (χ4v) is 4.55. The molecule has 0 heterocycles. The standard InChI is InChI=1S/C25H35N3O4S/c1-6-15-26-25(30)21(4)27(16-14-22-10-8-7-9-11-22)24(29)18-28(33(5,31)32)23-13-12-19(2)17-20(23)3/h7-13,17,21H,6,14-16,18H2,1-5H3,(H,26,30)/t21-/m0/s1. The van der Waals surface area contributed by atoms with Gasteiger partial charge in [-0.1, -0.05) is 55.0 Å². The van der Waals surface area contributed by atoms with E-state index in [1.807, 2.05) is 63.2 Å². The molecule has 0 aliphatic heterocycles. The lowest BCUT2D eigenvalue weighted by atomic mass is 10.1. The van der Waals surface area contributed by atoms with Gasteiger partial charge in [-0.3, -0.25) is 13.9 Å². The Labute approximate surface area is 197 Å². The first kappa shape index (κ1) is 26.4. The summed E-state index contributed by atoms with van der Waals surface area (Å²) in [5.41, 5.74) is 3.26. The third-order valence-electron chi connectivity index (χ3n) is 5.50. The predicted molar refractivity (Wildman–Crippen MR) is 133 cm³/mol. The van der Waals surface area contributed by atoms with Crippen molar-refractivity contribution in [2.75, 3.05) is 30.2 Å². The summed E-state index contributed by atoms with van der Waals surface area (Å²) in [6, 6.07) is 14.4. The number of carbonyl (C=O) groups is 2.